The van der Waals surface area contributed by atoms with Gasteiger partial charge >= 0.3 is 0 Å². The van der Waals surface area contributed by atoms with E-state index < -0.39 is 47.5 Å². The molecule has 238 valence electrons. The van der Waals surface area contributed by atoms with E-state index in [9.17, 15) is 29.1 Å². The Labute approximate surface area is 254 Å². The fourth-order valence-electron chi connectivity index (χ4n) is 5.61. The molecule has 11 nitrogen and oxygen atoms in total. The molecule has 3 rings (SSSR count). The Bertz CT molecular complexity index is 1150. The number of ketones is 1. The Balaban J connectivity index is 1.85. The molecule has 6 atom stereocenters. The van der Waals surface area contributed by atoms with Crippen LogP contribution >= 0.6 is 0 Å². The summed E-state index contributed by atoms with van der Waals surface area (Å²) in [5.74, 6) is -1.15. The molecule has 0 bridgehead atoms. The van der Waals surface area contributed by atoms with E-state index >= 15 is 0 Å². The summed E-state index contributed by atoms with van der Waals surface area (Å²) in [5, 5.41) is 18.0. The average Bonchev–Trinajstić information content (AvgIpc) is 3.37. The molecular weight excluding hydrogens is 552 g/mol. The highest BCUT2D eigenvalue weighted by Crippen LogP contribution is 2.26. The van der Waals surface area contributed by atoms with Crippen LogP contribution in [0.3, 0.4) is 0 Å². The van der Waals surface area contributed by atoms with E-state index in [4.69, 9.17) is 4.74 Å². The lowest BCUT2D eigenvalue weighted by atomic mass is 9.94. The molecule has 0 saturated carbocycles. The summed E-state index contributed by atoms with van der Waals surface area (Å²) in [4.78, 5) is 68.2. The number of hydrogen-bond donors (Lipinski definition) is 4. The number of nitrogens with zero attached hydrogens (tertiary/aromatic N) is 1. The van der Waals surface area contributed by atoms with Crippen molar-refractivity contribution in [3.05, 3.63) is 29.8 Å². The highest BCUT2D eigenvalue weighted by molar-refractivity contribution is 5.99. The van der Waals surface area contributed by atoms with Crippen molar-refractivity contribution in [2.75, 3.05) is 13.2 Å². The van der Waals surface area contributed by atoms with E-state index in [1.54, 1.807) is 18.7 Å². The lowest BCUT2D eigenvalue weighted by molar-refractivity contribution is -0.144. The van der Waals surface area contributed by atoms with Crippen molar-refractivity contribution in [1.82, 2.24) is 20.9 Å². The van der Waals surface area contributed by atoms with Gasteiger partial charge in [-0.1, -0.05) is 38.8 Å². The monoisotopic (exact) mass is 600 g/mol. The van der Waals surface area contributed by atoms with Gasteiger partial charge in [-0.3, -0.25) is 24.0 Å². The van der Waals surface area contributed by atoms with Crippen LogP contribution in [0.25, 0.3) is 0 Å². The first kappa shape index (κ1) is 34.0. The van der Waals surface area contributed by atoms with Crippen molar-refractivity contribution in [2.45, 2.75) is 116 Å². The fourth-order valence-corrected chi connectivity index (χ4v) is 5.61. The summed E-state index contributed by atoms with van der Waals surface area (Å²) in [6.45, 7) is 9.59. The van der Waals surface area contributed by atoms with E-state index in [0.717, 1.165) is 5.56 Å². The summed E-state index contributed by atoms with van der Waals surface area (Å²) in [7, 11) is 0. The molecule has 43 heavy (non-hydrogen) atoms. The van der Waals surface area contributed by atoms with Crippen molar-refractivity contribution in [1.29, 1.82) is 0 Å². The second-order valence-corrected chi connectivity index (χ2v) is 12.1. The summed E-state index contributed by atoms with van der Waals surface area (Å²) in [6.07, 6.45) is 2.19. The van der Waals surface area contributed by atoms with Crippen LogP contribution in [0.1, 0.15) is 85.1 Å². The smallest absolute Gasteiger partial charge is 0.246 e. The van der Waals surface area contributed by atoms with Gasteiger partial charge in [-0.15, -0.1) is 0 Å². The number of nitrogens with one attached hydrogen (secondary N) is 3. The average molecular weight is 601 g/mol. The standard InChI is InChI=1S/C32H48N4O7/c1-6-32(5)31(42)34-25(18-22-13-15-23(16-14-22)43-7-2)30(41)36-19-20(3)17-26(36)29(40)33-24(28(39)35-32)11-9-8-10-12-27(38)21(4)37/h13-16,20-21,24-26,37H,6-12,17-19H2,1-5H3,(H,33,40)(H,34,42)(H,35,39)/t20-,21+,24-,25-,26?,32-/m0/s1. The number of unbranched alkanes of at least 4 members (excludes halogenated alkanes) is 2. The second-order valence-electron chi connectivity index (χ2n) is 12.1. The molecule has 2 heterocycles. The van der Waals surface area contributed by atoms with E-state index in [-0.39, 0.29) is 36.9 Å². The molecule has 11 heteroatoms. The molecule has 2 aliphatic rings. The SMILES string of the molecule is CCOc1ccc(C[C@@H]2NC(=O)[C@](C)(CC)NC(=O)[C@H](CCCCCC(=O)[C@@H](C)O)NC(=O)C3C[C@H](C)CN3C2=O)cc1. The number of amides is 4. The largest absolute Gasteiger partial charge is 0.494 e. The summed E-state index contributed by atoms with van der Waals surface area (Å²) in [5.41, 5.74) is -0.502. The van der Waals surface area contributed by atoms with E-state index in [0.29, 0.717) is 51.0 Å². The van der Waals surface area contributed by atoms with Crippen molar-refractivity contribution in [2.24, 2.45) is 5.92 Å². The highest BCUT2D eigenvalue weighted by Gasteiger charge is 2.44. The molecule has 2 aliphatic heterocycles. The number of benzene rings is 1. The third-order valence-electron chi connectivity index (χ3n) is 8.50. The molecule has 0 spiro atoms. The number of ether oxygens (including phenoxy) is 1. The molecule has 1 aromatic carbocycles. The molecule has 1 aromatic rings. The first-order valence-electron chi connectivity index (χ1n) is 15.5. The number of hydrogen-bond acceptors (Lipinski definition) is 7. The predicted octanol–water partition coefficient (Wildman–Crippen LogP) is 2.03. The molecule has 0 aliphatic carbocycles. The maximum absolute atomic E-state index is 14.0. The minimum atomic E-state index is -1.32. The van der Waals surface area contributed by atoms with E-state index in [2.05, 4.69) is 16.0 Å². The molecule has 4 amide bonds. The van der Waals surface area contributed by atoms with Crippen LogP contribution in [-0.4, -0.2) is 82.3 Å². The van der Waals surface area contributed by atoms with Gasteiger partial charge in [0.1, 0.15) is 35.5 Å². The molecule has 1 unspecified atom stereocenters. The zero-order valence-electron chi connectivity index (χ0n) is 26.1. The Kier molecular flexibility index (Phi) is 12.1. The minimum absolute atomic E-state index is 0.0614. The number of carbonyl (C=O) groups excluding carboxylic acids is 5. The van der Waals surface area contributed by atoms with Crippen LogP contribution < -0.4 is 20.7 Å². The van der Waals surface area contributed by atoms with Gasteiger partial charge in [0.05, 0.1) is 6.61 Å². The summed E-state index contributed by atoms with van der Waals surface area (Å²) in [6, 6.07) is 4.72. The van der Waals surface area contributed by atoms with Crippen molar-refractivity contribution >= 4 is 29.4 Å². The van der Waals surface area contributed by atoms with Gasteiger partial charge in [0.15, 0.2) is 5.78 Å². The summed E-state index contributed by atoms with van der Waals surface area (Å²) < 4.78 is 5.52. The topological polar surface area (TPSA) is 154 Å². The Morgan fingerprint density at radius 1 is 1.05 bits per heavy atom. The number of aliphatic hydroxyl groups is 1. The number of rotatable bonds is 12. The minimum Gasteiger partial charge on any atom is -0.494 e. The Morgan fingerprint density at radius 2 is 1.74 bits per heavy atom. The fraction of sp³-hybridized carbons (Fsp3) is 0.656. The molecule has 4 N–H and O–H groups in total. The first-order chi connectivity index (χ1) is 20.4. The maximum atomic E-state index is 14.0. The van der Waals surface area contributed by atoms with Gasteiger partial charge in [-0.05, 0) is 70.1 Å². The molecule has 0 aromatic heterocycles. The van der Waals surface area contributed by atoms with Crippen LogP contribution in [-0.2, 0) is 30.4 Å². The van der Waals surface area contributed by atoms with Gasteiger partial charge in [0, 0.05) is 19.4 Å². The number of Topliss-reactive ketones (excluding diaryl/α,β-unsaturated/α-hetero) is 1. The van der Waals surface area contributed by atoms with Crippen LogP contribution in [0, 0.1) is 5.92 Å². The van der Waals surface area contributed by atoms with Gasteiger partial charge < -0.3 is 30.7 Å². The Morgan fingerprint density at radius 3 is 2.37 bits per heavy atom. The van der Waals surface area contributed by atoms with Crippen molar-refractivity contribution in [3.63, 3.8) is 0 Å². The zero-order valence-corrected chi connectivity index (χ0v) is 26.1. The van der Waals surface area contributed by atoms with E-state index in [1.807, 2.05) is 38.1 Å². The van der Waals surface area contributed by atoms with Crippen LogP contribution in [0.15, 0.2) is 24.3 Å². The quantitative estimate of drug-likeness (QED) is 0.268. The molecule has 0 radical (unpaired) electrons. The number of fused-ring (bicyclic) bond motifs is 1. The number of aliphatic hydroxyl groups excluding tert-OH is 1. The van der Waals surface area contributed by atoms with Crippen molar-refractivity contribution < 1.29 is 33.8 Å². The van der Waals surface area contributed by atoms with Crippen LogP contribution in [0.2, 0.25) is 0 Å². The normalized spacial score (nSPS) is 27.3. The third-order valence-corrected chi connectivity index (χ3v) is 8.50. The maximum Gasteiger partial charge on any atom is 0.246 e. The first-order valence-corrected chi connectivity index (χ1v) is 15.5. The summed E-state index contributed by atoms with van der Waals surface area (Å²) >= 11 is 0. The Hall–Kier alpha value is -3.47. The third kappa shape index (κ3) is 9.01. The second kappa shape index (κ2) is 15.3. The molecule has 2 fully saturated rings. The highest BCUT2D eigenvalue weighted by atomic mass is 16.5. The lowest BCUT2D eigenvalue weighted by Crippen LogP contribution is -2.65. The van der Waals surface area contributed by atoms with Crippen LogP contribution in [0.5, 0.6) is 5.75 Å². The van der Waals surface area contributed by atoms with Gasteiger partial charge in [-0.2, -0.15) is 0 Å². The zero-order chi connectivity index (χ0) is 31.7. The van der Waals surface area contributed by atoms with E-state index in [1.165, 1.54) is 6.92 Å². The lowest BCUT2D eigenvalue weighted by Gasteiger charge is -2.36. The van der Waals surface area contributed by atoms with Gasteiger partial charge in [0.25, 0.3) is 0 Å². The molecule has 2 saturated heterocycles. The van der Waals surface area contributed by atoms with Gasteiger partial charge in [-0.25, -0.2) is 0 Å². The predicted molar refractivity (Wildman–Crippen MR) is 161 cm³/mol. The van der Waals surface area contributed by atoms with Crippen LogP contribution in [0.4, 0.5) is 0 Å². The molecular formula is C32H48N4O7. The van der Waals surface area contributed by atoms with Crippen molar-refractivity contribution in [3.8, 4) is 5.75 Å². The number of carbonyl (C=O) groups is 5. The van der Waals surface area contributed by atoms with Gasteiger partial charge in [0.2, 0.25) is 23.6 Å².